The van der Waals surface area contributed by atoms with Crippen molar-refractivity contribution < 1.29 is 9.59 Å². The smallest absolute Gasteiger partial charge is 0.267 e. The molecular formula is C16H14N4O2S2. The molecule has 3 aromatic rings. The van der Waals surface area contributed by atoms with Crippen LogP contribution in [0.15, 0.2) is 52.9 Å². The van der Waals surface area contributed by atoms with Crippen LogP contribution in [0.2, 0.25) is 0 Å². The lowest BCUT2D eigenvalue weighted by Gasteiger charge is -2.09. The number of benzene rings is 2. The van der Waals surface area contributed by atoms with Gasteiger partial charge in [0.15, 0.2) is 4.34 Å². The lowest BCUT2D eigenvalue weighted by molar-refractivity contribution is -0.113. The minimum absolute atomic E-state index is 0.207. The molecule has 0 aliphatic carbocycles. The van der Waals surface area contributed by atoms with E-state index >= 15 is 0 Å². The van der Waals surface area contributed by atoms with Crippen LogP contribution in [0, 0.1) is 0 Å². The van der Waals surface area contributed by atoms with Crippen molar-refractivity contribution in [1.82, 2.24) is 10.4 Å². The highest BCUT2D eigenvalue weighted by Crippen LogP contribution is 2.29. The van der Waals surface area contributed by atoms with Crippen molar-refractivity contribution in [2.45, 2.75) is 4.34 Å². The summed E-state index contributed by atoms with van der Waals surface area (Å²) in [7, 11) is 0. The molecular weight excluding hydrogens is 344 g/mol. The van der Waals surface area contributed by atoms with E-state index in [1.54, 1.807) is 35.6 Å². The second-order valence-electron chi connectivity index (χ2n) is 4.80. The normalized spacial score (nSPS) is 10.5. The molecule has 0 saturated carbocycles. The molecule has 1 heterocycles. The Kier molecular flexibility index (Phi) is 5.09. The number of carbonyl (C=O) groups is 2. The quantitative estimate of drug-likeness (QED) is 0.282. The number of nitrogens with two attached hydrogens (primary N) is 1. The van der Waals surface area contributed by atoms with Gasteiger partial charge in [-0.15, -0.1) is 11.3 Å². The number of amides is 2. The average Bonchev–Trinajstić information content (AvgIpc) is 3.03. The van der Waals surface area contributed by atoms with Gasteiger partial charge in [-0.1, -0.05) is 36.0 Å². The van der Waals surface area contributed by atoms with E-state index < -0.39 is 5.91 Å². The van der Waals surface area contributed by atoms with Gasteiger partial charge in [0.2, 0.25) is 5.91 Å². The Hall–Kier alpha value is -2.42. The number of nitrogens with one attached hydrogen (secondary N) is 2. The molecule has 24 heavy (non-hydrogen) atoms. The second-order valence-corrected chi connectivity index (χ2v) is 7.06. The van der Waals surface area contributed by atoms with Gasteiger partial charge < -0.3 is 5.32 Å². The standard InChI is InChI=1S/C16H14N4O2S2/c17-20-15(22)10-5-1-2-6-11(10)18-14(21)9-23-16-19-12-7-3-4-8-13(12)24-16/h1-8H,9,17H2,(H,18,21)(H,20,22). The minimum Gasteiger partial charge on any atom is -0.325 e. The van der Waals surface area contributed by atoms with Crippen LogP contribution in [0.5, 0.6) is 0 Å². The molecule has 6 nitrogen and oxygen atoms in total. The highest BCUT2D eigenvalue weighted by atomic mass is 32.2. The first kappa shape index (κ1) is 16.4. The second kappa shape index (κ2) is 7.43. The Balaban J connectivity index is 1.65. The molecule has 0 aliphatic heterocycles. The van der Waals surface area contributed by atoms with Crippen molar-refractivity contribution in [3.05, 3.63) is 54.1 Å². The molecule has 0 bridgehead atoms. The van der Waals surface area contributed by atoms with Crippen LogP contribution < -0.4 is 16.6 Å². The molecule has 2 aromatic carbocycles. The highest BCUT2D eigenvalue weighted by Gasteiger charge is 2.13. The fourth-order valence-corrected chi connectivity index (χ4v) is 3.96. The lowest BCUT2D eigenvalue weighted by Crippen LogP contribution is -2.31. The molecule has 0 radical (unpaired) electrons. The summed E-state index contributed by atoms with van der Waals surface area (Å²) in [6, 6.07) is 14.5. The molecule has 8 heteroatoms. The maximum absolute atomic E-state index is 12.1. The third kappa shape index (κ3) is 3.73. The number of aromatic nitrogens is 1. The first-order chi connectivity index (χ1) is 11.7. The van der Waals surface area contributed by atoms with Gasteiger partial charge in [-0.2, -0.15) is 0 Å². The van der Waals surface area contributed by atoms with Crippen LogP contribution in [0.25, 0.3) is 10.2 Å². The van der Waals surface area contributed by atoms with Gasteiger partial charge in [0.05, 0.1) is 27.2 Å². The number of hydrazine groups is 1. The van der Waals surface area contributed by atoms with Gasteiger partial charge in [0, 0.05) is 0 Å². The molecule has 4 N–H and O–H groups in total. The first-order valence-corrected chi connectivity index (χ1v) is 8.86. The molecule has 0 spiro atoms. The first-order valence-electron chi connectivity index (χ1n) is 7.05. The van der Waals surface area contributed by atoms with Gasteiger partial charge in [0.1, 0.15) is 0 Å². The zero-order valence-electron chi connectivity index (χ0n) is 12.5. The van der Waals surface area contributed by atoms with Crippen LogP contribution in [0.1, 0.15) is 10.4 Å². The number of anilines is 1. The number of hydrogen-bond donors (Lipinski definition) is 3. The molecule has 0 saturated heterocycles. The molecule has 3 rings (SSSR count). The van der Waals surface area contributed by atoms with Crippen LogP contribution in [0.3, 0.4) is 0 Å². The molecule has 0 aliphatic rings. The largest absolute Gasteiger partial charge is 0.325 e. The lowest BCUT2D eigenvalue weighted by atomic mass is 10.1. The summed E-state index contributed by atoms with van der Waals surface area (Å²) in [5, 5.41) is 2.73. The SMILES string of the molecule is NNC(=O)c1ccccc1NC(=O)CSc1nc2ccccc2s1. The van der Waals surface area contributed by atoms with Crippen molar-refractivity contribution in [1.29, 1.82) is 0 Å². The fourth-order valence-electron chi connectivity index (χ4n) is 2.09. The van der Waals surface area contributed by atoms with Gasteiger partial charge >= 0.3 is 0 Å². The van der Waals surface area contributed by atoms with Gasteiger partial charge in [0.25, 0.3) is 5.91 Å². The Morgan fingerprint density at radius 3 is 2.67 bits per heavy atom. The monoisotopic (exact) mass is 358 g/mol. The number of rotatable bonds is 5. The van der Waals surface area contributed by atoms with Crippen molar-refractivity contribution in [3.8, 4) is 0 Å². The number of hydrogen-bond acceptors (Lipinski definition) is 6. The molecule has 122 valence electrons. The fraction of sp³-hybridized carbons (Fsp3) is 0.0625. The topological polar surface area (TPSA) is 97.1 Å². The third-order valence-corrected chi connectivity index (χ3v) is 5.36. The van der Waals surface area contributed by atoms with E-state index in [0.29, 0.717) is 11.3 Å². The van der Waals surface area contributed by atoms with Crippen LogP contribution >= 0.6 is 23.1 Å². The number of fused-ring (bicyclic) bond motifs is 1. The van der Waals surface area contributed by atoms with Gasteiger partial charge in [-0.3, -0.25) is 15.0 Å². The summed E-state index contributed by atoms with van der Waals surface area (Å²) >= 11 is 2.91. The van der Waals surface area contributed by atoms with Gasteiger partial charge in [-0.05, 0) is 24.3 Å². The van der Waals surface area contributed by atoms with E-state index in [2.05, 4.69) is 15.7 Å². The third-order valence-electron chi connectivity index (χ3n) is 3.18. The Morgan fingerprint density at radius 2 is 1.88 bits per heavy atom. The Morgan fingerprint density at radius 1 is 1.12 bits per heavy atom. The zero-order valence-corrected chi connectivity index (χ0v) is 14.1. The van der Waals surface area contributed by atoms with Crippen molar-refractivity contribution >= 4 is 50.8 Å². The molecule has 1 aromatic heterocycles. The maximum Gasteiger partial charge on any atom is 0.267 e. The molecule has 0 fully saturated rings. The molecule has 0 atom stereocenters. The van der Waals surface area contributed by atoms with E-state index in [-0.39, 0.29) is 11.7 Å². The molecule has 0 unspecified atom stereocenters. The number of thioether (sulfide) groups is 1. The number of nitrogen functional groups attached to an aromatic ring is 1. The zero-order chi connectivity index (χ0) is 16.9. The number of para-hydroxylation sites is 2. The van der Waals surface area contributed by atoms with E-state index in [4.69, 9.17) is 5.84 Å². The predicted octanol–water partition coefficient (Wildman–Crippen LogP) is 2.63. The summed E-state index contributed by atoms with van der Waals surface area (Å²) in [6.07, 6.45) is 0. The predicted molar refractivity (Wildman–Crippen MR) is 97.1 cm³/mol. The highest BCUT2D eigenvalue weighted by molar-refractivity contribution is 8.01. The van der Waals surface area contributed by atoms with Crippen molar-refractivity contribution in [3.63, 3.8) is 0 Å². The summed E-state index contributed by atoms with van der Waals surface area (Å²) in [5.41, 5.74) is 3.73. The Bertz CT molecular complexity index is 861. The van der Waals surface area contributed by atoms with E-state index in [0.717, 1.165) is 14.6 Å². The van der Waals surface area contributed by atoms with Crippen LogP contribution in [-0.4, -0.2) is 22.6 Å². The summed E-state index contributed by atoms with van der Waals surface area (Å²) in [5.74, 6) is 4.69. The minimum atomic E-state index is -0.454. The molecule has 2 amide bonds. The average molecular weight is 358 g/mol. The van der Waals surface area contributed by atoms with Crippen LogP contribution in [-0.2, 0) is 4.79 Å². The van der Waals surface area contributed by atoms with Crippen LogP contribution in [0.4, 0.5) is 5.69 Å². The summed E-state index contributed by atoms with van der Waals surface area (Å²) in [4.78, 5) is 28.3. The van der Waals surface area contributed by atoms with Crippen molar-refractivity contribution in [2.75, 3.05) is 11.1 Å². The summed E-state index contributed by atoms with van der Waals surface area (Å²) < 4.78 is 1.92. The van der Waals surface area contributed by atoms with E-state index in [1.165, 1.54) is 11.8 Å². The van der Waals surface area contributed by atoms with E-state index in [9.17, 15) is 9.59 Å². The number of nitrogens with zero attached hydrogens (tertiary/aromatic N) is 1. The van der Waals surface area contributed by atoms with Gasteiger partial charge in [-0.25, -0.2) is 10.8 Å². The van der Waals surface area contributed by atoms with E-state index in [1.807, 2.05) is 24.3 Å². The summed E-state index contributed by atoms with van der Waals surface area (Å²) in [6.45, 7) is 0. The Labute approximate surface area is 146 Å². The number of thiazole rings is 1. The maximum atomic E-state index is 12.1. The van der Waals surface area contributed by atoms with Crippen molar-refractivity contribution in [2.24, 2.45) is 5.84 Å². The number of carbonyl (C=O) groups excluding carboxylic acids is 2.